The van der Waals surface area contributed by atoms with Gasteiger partial charge in [-0.25, -0.2) is 18.3 Å². The molecule has 0 spiro atoms. The van der Waals surface area contributed by atoms with Crippen molar-refractivity contribution < 1.29 is 18.3 Å². The third-order valence-electron chi connectivity index (χ3n) is 6.54. The lowest BCUT2D eigenvalue weighted by molar-refractivity contribution is 0.146. The highest BCUT2D eigenvalue weighted by Crippen LogP contribution is 2.30. The normalized spacial score (nSPS) is 17.9. The van der Waals surface area contributed by atoms with Gasteiger partial charge in [0.1, 0.15) is 29.8 Å². The Morgan fingerprint density at radius 3 is 2.65 bits per heavy atom. The van der Waals surface area contributed by atoms with E-state index in [1.54, 1.807) is 29.0 Å². The molecule has 1 aliphatic heterocycles. The van der Waals surface area contributed by atoms with Crippen LogP contribution in [-0.4, -0.2) is 59.0 Å². The molecule has 0 unspecified atom stereocenters. The molecular formula is C27H30F2N6O2. The van der Waals surface area contributed by atoms with Gasteiger partial charge < -0.3 is 20.1 Å². The van der Waals surface area contributed by atoms with Crippen LogP contribution in [0.15, 0.2) is 48.9 Å². The smallest absolute Gasteiger partial charge is 0.139 e. The number of hydrogen-bond acceptors (Lipinski definition) is 7. The molecule has 1 aromatic carbocycles. The fourth-order valence-corrected chi connectivity index (χ4v) is 4.94. The zero-order valence-corrected chi connectivity index (χ0v) is 20.9. The van der Waals surface area contributed by atoms with E-state index in [1.807, 2.05) is 12.3 Å². The fraction of sp³-hybridized carbons (Fsp3) is 0.370. The first-order valence-electron chi connectivity index (χ1n) is 12.3. The Labute approximate surface area is 214 Å². The zero-order chi connectivity index (χ0) is 25.9. The number of piperidine rings is 1. The van der Waals surface area contributed by atoms with Crippen LogP contribution in [0.25, 0.3) is 16.8 Å². The van der Waals surface area contributed by atoms with E-state index in [9.17, 15) is 8.78 Å². The first kappa shape index (κ1) is 25.0. The van der Waals surface area contributed by atoms with Crippen LogP contribution < -0.4 is 15.4 Å². The van der Waals surface area contributed by atoms with Gasteiger partial charge in [0.05, 0.1) is 29.6 Å². The maximum Gasteiger partial charge on any atom is 0.139 e. The Hall–Kier alpha value is -3.63. The lowest BCUT2D eigenvalue weighted by Gasteiger charge is -2.37. The SMILES string of the molecule is COCCOc1cc(F)c(-c2ccc3cnc(Cc4cnccc4N4C[C@H](C)C[C@H](N)C4)n3n2)c(F)c1. The minimum Gasteiger partial charge on any atom is -0.491 e. The number of pyridine rings is 1. The summed E-state index contributed by atoms with van der Waals surface area (Å²) in [5.41, 5.74) is 8.99. The first-order valence-corrected chi connectivity index (χ1v) is 12.3. The summed E-state index contributed by atoms with van der Waals surface area (Å²) in [5.74, 6) is -0.295. The van der Waals surface area contributed by atoms with Crippen LogP contribution in [0.4, 0.5) is 14.5 Å². The van der Waals surface area contributed by atoms with E-state index in [2.05, 4.69) is 26.9 Å². The number of nitrogens with zero attached hydrogens (tertiary/aromatic N) is 5. The molecule has 2 atom stereocenters. The van der Waals surface area contributed by atoms with Crippen molar-refractivity contribution in [3.63, 3.8) is 0 Å². The van der Waals surface area contributed by atoms with E-state index in [-0.39, 0.29) is 29.7 Å². The van der Waals surface area contributed by atoms with Crippen molar-refractivity contribution in [2.75, 3.05) is 38.3 Å². The van der Waals surface area contributed by atoms with E-state index < -0.39 is 11.6 Å². The van der Waals surface area contributed by atoms with Crippen LogP contribution in [0.3, 0.4) is 0 Å². The minimum atomic E-state index is -0.758. The summed E-state index contributed by atoms with van der Waals surface area (Å²) in [4.78, 5) is 11.2. The average molecular weight is 509 g/mol. The summed E-state index contributed by atoms with van der Waals surface area (Å²) in [6, 6.07) is 7.75. The third kappa shape index (κ3) is 5.40. The summed E-state index contributed by atoms with van der Waals surface area (Å²) in [6.07, 6.45) is 6.75. The standard InChI is InChI=1S/C27H30F2N6O2/c1-17-9-19(30)16-34(15-17)25-5-6-31-13-18(25)10-26-32-14-20-3-4-24(33-35(20)26)27-22(28)11-21(12-23(27)29)37-8-7-36-2/h3-6,11-14,17,19H,7-10,15-16,30H2,1-2H3/t17-,19+/m1/s1. The first-order chi connectivity index (χ1) is 17.9. The number of hydrogen-bond donors (Lipinski definition) is 1. The maximum atomic E-state index is 15.0. The molecule has 4 heterocycles. The van der Waals surface area contributed by atoms with E-state index in [0.717, 1.165) is 48.4 Å². The molecule has 10 heteroatoms. The minimum absolute atomic E-state index is 0.0936. The van der Waals surface area contributed by atoms with Crippen molar-refractivity contribution in [2.45, 2.75) is 25.8 Å². The van der Waals surface area contributed by atoms with Crippen LogP contribution in [0.5, 0.6) is 5.75 Å². The van der Waals surface area contributed by atoms with Crippen molar-refractivity contribution >= 4 is 11.2 Å². The summed E-state index contributed by atoms with van der Waals surface area (Å²) in [7, 11) is 1.53. The van der Waals surface area contributed by atoms with Gasteiger partial charge >= 0.3 is 0 Å². The van der Waals surface area contributed by atoms with Gasteiger partial charge in [0.15, 0.2) is 0 Å². The van der Waals surface area contributed by atoms with Crippen LogP contribution in [-0.2, 0) is 11.2 Å². The second-order valence-corrected chi connectivity index (χ2v) is 9.52. The molecule has 0 amide bonds. The molecule has 194 valence electrons. The molecule has 3 aromatic heterocycles. The van der Waals surface area contributed by atoms with Gasteiger partial charge in [0.25, 0.3) is 0 Å². The summed E-state index contributed by atoms with van der Waals surface area (Å²) in [6.45, 7) is 4.40. The van der Waals surface area contributed by atoms with Gasteiger partial charge in [-0.15, -0.1) is 0 Å². The maximum absolute atomic E-state index is 15.0. The van der Waals surface area contributed by atoms with Crippen LogP contribution in [0.2, 0.25) is 0 Å². The molecule has 2 N–H and O–H groups in total. The number of benzene rings is 1. The Kier molecular flexibility index (Phi) is 7.29. The number of anilines is 1. The average Bonchev–Trinajstić information content (AvgIpc) is 3.25. The van der Waals surface area contributed by atoms with E-state index in [4.69, 9.17) is 15.2 Å². The van der Waals surface area contributed by atoms with Crippen molar-refractivity contribution in [2.24, 2.45) is 11.7 Å². The summed E-state index contributed by atoms with van der Waals surface area (Å²) >= 11 is 0. The Balaban J connectivity index is 1.45. The predicted molar refractivity (Wildman–Crippen MR) is 137 cm³/mol. The number of methoxy groups -OCH3 is 1. The van der Waals surface area contributed by atoms with Gasteiger partial charge in [0.2, 0.25) is 0 Å². The van der Waals surface area contributed by atoms with Crippen molar-refractivity contribution in [1.29, 1.82) is 0 Å². The highest BCUT2D eigenvalue weighted by molar-refractivity contribution is 5.64. The molecule has 0 radical (unpaired) electrons. The Morgan fingerprint density at radius 1 is 1.08 bits per heavy atom. The second-order valence-electron chi connectivity index (χ2n) is 9.52. The zero-order valence-electron chi connectivity index (χ0n) is 20.9. The monoisotopic (exact) mass is 508 g/mol. The summed E-state index contributed by atoms with van der Waals surface area (Å²) in [5, 5.41) is 4.55. The Morgan fingerprint density at radius 2 is 1.89 bits per heavy atom. The van der Waals surface area contributed by atoms with Gasteiger partial charge in [-0.05, 0) is 30.5 Å². The number of rotatable bonds is 8. The van der Waals surface area contributed by atoms with E-state index in [1.165, 1.54) is 7.11 Å². The summed E-state index contributed by atoms with van der Waals surface area (Å²) < 4.78 is 41.8. The second kappa shape index (κ2) is 10.8. The molecule has 0 aliphatic carbocycles. The molecule has 37 heavy (non-hydrogen) atoms. The lowest BCUT2D eigenvalue weighted by atomic mass is 9.95. The largest absolute Gasteiger partial charge is 0.491 e. The van der Waals surface area contributed by atoms with Gasteiger partial charge in [-0.2, -0.15) is 5.10 Å². The topological polar surface area (TPSA) is 90.8 Å². The number of imidazole rings is 1. The van der Waals surface area contributed by atoms with E-state index >= 15 is 0 Å². The molecule has 4 aromatic rings. The van der Waals surface area contributed by atoms with Crippen molar-refractivity contribution in [3.8, 4) is 17.0 Å². The predicted octanol–water partition coefficient (Wildman–Crippen LogP) is 3.86. The molecule has 5 rings (SSSR count). The molecule has 0 bridgehead atoms. The van der Waals surface area contributed by atoms with Crippen LogP contribution >= 0.6 is 0 Å². The van der Waals surface area contributed by atoms with Gasteiger partial charge in [0, 0.05) is 68.4 Å². The number of halogens is 2. The number of fused-ring (bicyclic) bond motifs is 1. The number of aromatic nitrogens is 4. The lowest BCUT2D eigenvalue weighted by Crippen LogP contribution is -2.46. The number of ether oxygens (including phenoxy) is 2. The number of nitrogens with two attached hydrogens (primary N) is 1. The van der Waals surface area contributed by atoms with E-state index in [0.29, 0.717) is 24.8 Å². The van der Waals surface area contributed by atoms with Gasteiger partial charge in [-0.3, -0.25) is 4.98 Å². The molecular weight excluding hydrogens is 478 g/mol. The quantitative estimate of drug-likeness (QED) is 0.362. The highest BCUT2D eigenvalue weighted by Gasteiger charge is 2.24. The molecule has 1 fully saturated rings. The molecule has 0 saturated carbocycles. The van der Waals surface area contributed by atoms with Crippen molar-refractivity contribution in [3.05, 3.63) is 71.9 Å². The van der Waals surface area contributed by atoms with Gasteiger partial charge in [-0.1, -0.05) is 6.92 Å². The van der Waals surface area contributed by atoms with Crippen LogP contribution in [0, 0.1) is 17.6 Å². The molecule has 8 nitrogen and oxygen atoms in total. The fourth-order valence-electron chi connectivity index (χ4n) is 4.94. The Bertz CT molecular complexity index is 1360. The van der Waals surface area contributed by atoms with Crippen LogP contribution in [0.1, 0.15) is 24.7 Å². The molecule has 1 saturated heterocycles. The molecule has 1 aliphatic rings. The van der Waals surface area contributed by atoms with Crippen molar-refractivity contribution in [1.82, 2.24) is 19.6 Å². The highest BCUT2D eigenvalue weighted by atomic mass is 19.1. The third-order valence-corrected chi connectivity index (χ3v) is 6.54.